The van der Waals surface area contributed by atoms with Crippen LogP contribution in [-0.2, 0) is 14.3 Å². The van der Waals surface area contributed by atoms with Gasteiger partial charge in [0.05, 0.1) is 22.8 Å². The summed E-state index contributed by atoms with van der Waals surface area (Å²) in [6, 6.07) is 4.05. The quantitative estimate of drug-likeness (QED) is 0.411. The summed E-state index contributed by atoms with van der Waals surface area (Å²) in [6.07, 6.45) is 0. The summed E-state index contributed by atoms with van der Waals surface area (Å²) in [5.41, 5.74) is 1.75. The molecule has 2 rings (SSSR count). The molecular weight excluding hydrogens is 382 g/mol. The molecule has 0 aliphatic carbocycles. The summed E-state index contributed by atoms with van der Waals surface area (Å²) < 4.78 is 9.96. The van der Waals surface area contributed by atoms with E-state index in [-0.39, 0.29) is 29.2 Å². The Morgan fingerprint density at radius 3 is 2.45 bits per heavy atom. The standard InChI is InChI=1S/C19H21N3O7/c1-5-28-19(25)17-11(3)16(12(4)20-17)18(24)29-9-15(23)21-14-8-13(22(26)27)7-6-10(14)2/h6-8,20H,5,9H2,1-4H3,(H,21,23). The number of rotatable bonds is 7. The van der Waals surface area contributed by atoms with Gasteiger partial charge in [-0.1, -0.05) is 6.07 Å². The lowest BCUT2D eigenvalue weighted by molar-refractivity contribution is -0.384. The smallest absolute Gasteiger partial charge is 0.355 e. The highest BCUT2D eigenvalue weighted by Crippen LogP contribution is 2.22. The SMILES string of the molecule is CCOC(=O)c1[nH]c(C)c(C(=O)OCC(=O)Nc2cc([N+](=O)[O-])ccc2C)c1C. The van der Waals surface area contributed by atoms with Gasteiger partial charge in [0.2, 0.25) is 0 Å². The van der Waals surface area contributed by atoms with Crippen LogP contribution in [0.5, 0.6) is 0 Å². The molecule has 0 bridgehead atoms. The minimum absolute atomic E-state index is 0.146. The molecule has 29 heavy (non-hydrogen) atoms. The predicted molar refractivity (Wildman–Crippen MR) is 103 cm³/mol. The number of esters is 2. The number of nitro groups is 1. The lowest BCUT2D eigenvalue weighted by Crippen LogP contribution is -2.22. The molecule has 0 unspecified atom stereocenters. The number of ether oxygens (including phenoxy) is 2. The number of non-ortho nitro benzene ring substituents is 1. The van der Waals surface area contributed by atoms with Crippen molar-refractivity contribution >= 4 is 29.2 Å². The first-order valence-corrected chi connectivity index (χ1v) is 8.74. The Morgan fingerprint density at radius 1 is 1.14 bits per heavy atom. The van der Waals surface area contributed by atoms with Crippen LogP contribution in [0.25, 0.3) is 0 Å². The normalized spacial score (nSPS) is 10.3. The van der Waals surface area contributed by atoms with Gasteiger partial charge in [-0.25, -0.2) is 9.59 Å². The molecule has 10 heteroatoms. The van der Waals surface area contributed by atoms with Crippen LogP contribution in [-0.4, -0.2) is 41.0 Å². The highest BCUT2D eigenvalue weighted by Gasteiger charge is 2.24. The second-order valence-corrected chi connectivity index (χ2v) is 6.23. The third kappa shape index (κ3) is 4.98. The molecule has 1 aromatic heterocycles. The average Bonchev–Trinajstić information content (AvgIpc) is 2.96. The predicted octanol–water partition coefficient (Wildman–Crippen LogP) is 2.82. The summed E-state index contributed by atoms with van der Waals surface area (Å²) in [4.78, 5) is 49.5. The van der Waals surface area contributed by atoms with Gasteiger partial charge < -0.3 is 19.8 Å². The monoisotopic (exact) mass is 403 g/mol. The van der Waals surface area contributed by atoms with Crippen LogP contribution in [0.1, 0.15) is 44.6 Å². The molecule has 0 fully saturated rings. The fourth-order valence-corrected chi connectivity index (χ4v) is 2.71. The van der Waals surface area contributed by atoms with Crippen LogP contribution in [0.2, 0.25) is 0 Å². The minimum Gasteiger partial charge on any atom is -0.461 e. The molecular formula is C19H21N3O7. The molecule has 10 nitrogen and oxygen atoms in total. The van der Waals surface area contributed by atoms with Crippen molar-refractivity contribution in [1.82, 2.24) is 4.98 Å². The number of aryl methyl sites for hydroxylation is 2. The number of amides is 1. The number of aromatic amines is 1. The van der Waals surface area contributed by atoms with E-state index in [4.69, 9.17) is 9.47 Å². The van der Waals surface area contributed by atoms with Gasteiger partial charge >= 0.3 is 11.9 Å². The lowest BCUT2D eigenvalue weighted by Gasteiger charge is -2.09. The van der Waals surface area contributed by atoms with E-state index < -0.39 is 29.4 Å². The van der Waals surface area contributed by atoms with Crippen LogP contribution in [0.15, 0.2) is 18.2 Å². The van der Waals surface area contributed by atoms with Crippen LogP contribution in [0.4, 0.5) is 11.4 Å². The molecule has 1 amide bonds. The summed E-state index contributed by atoms with van der Waals surface area (Å²) in [6.45, 7) is 6.10. The van der Waals surface area contributed by atoms with Crippen molar-refractivity contribution in [3.05, 3.63) is 56.4 Å². The molecule has 1 aromatic carbocycles. The van der Waals surface area contributed by atoms with E-state index in [1.54, 1.807) is 27.7 Å². The number of nitrogens with zero attached hydrogens (tertiary/aromatic N) is 1. The van der Waals surface area contributed by atoms with Gasteiger partial charge in [0.25, 0.3) is 11.6 Å². The number of anilines is 1. The Labute approximate surface area is 166 Å². The highest BCUT2D eigenvalue weighted by molar-refractivity contribution is 6.00. The number of aromatic nitrogens is 1. The number of hydrogen-bond acceptors (Lipinski definition) is 7. The van der Waals surface area contributed by atoms with E-state index in [0.717, 1.165) is 0 Å². The Hall–Kier alpha value is -3.69. The van der Waals surface area contributed by atoms with Gasteiger partial charge in [-0.3, -0.25) is 14.9 Å². The molecule has 0 atom stereocenters. The number of H-pyrrole nitrogens is 1. The molecule has 0 aliphatic heterocycles. The van der Waals surface area contributed by atoms with Gasteiger partial charge in [0, 0.05) is 17.8 Å². The average molecular weight is 403 g/mol. The van der Waals surface area contributed by atoms with Crippen molar-refractivity contribution in [1.29, 1.82) is 0 Å². The van der Waals surface area contributed by atoms with Crippen molar-refractivity contribution in [2.24, 2.45) is 0 Å². The summed E-state index contributed by atoms with van der Waals surface area (Å²) in [5.74, 6) is -2.03. The maximum absolute atomic E-state index is 12.4. The Morgan fingerprint density at radius 2 is 1.83 bits per heavy atom. The molecule has 154 valence electrons. The first-order chi connectivity index (χ1) is 13.6. The maximum Gasteiger partial charge on any atom is 0.355 e. The number of carbonyl (C=O) groups excluding carboxylic acids is 3. The van der Waals surface area contributed by atoms with E-state index >= 15 is 0 Å². The van der Waals surface area contributed by atoms with E-state index in [1.807, 2.05) is 0 Å². The molecule has 0 saturated heterocycles. The molecule has 1 heterocycles. The summed E-state index contributed by atoms with van der Waals surface area (Å²) >= 11 is 0. The van der Waals surface area contributed by atoms with Gasteiger partial charge in [0.15, 0.2) is 6.61 Å². The van der Waals surface area contributed by atoms with Gasteiger partial charge in [-0.05, 0) is 38.8 Å². The van der Waals surface area contributed by atoms with Crippen LogP contribution >= 0.6 is 0 Å². The largest absolute Gasteiger partial charge is 0.461 e. The first kappa shape index (κ1) is 21.6. The van der Waals surface area contributed by atoms with E-state index in [2.05, 4.69) is 10.3 Å². The molecule has 2 aromatic rings. The number of benzene rings is 1. The van der Waals surface area contributed by atoms with E-state index in [9.17, 15) is 24.5 Å². The topological polar surface area (TPSA) is 141 Å². The Balaban J connectivity index is 2.06. The van der Waals surface area contributed by atoms with Crippen molar-refractivity contribution in [3.63, 3.8) is 0 Å². The Kier molecular flexibility index (Phi) is 6.71. The Bertz CT molecular complexity index is 978. The number of carbonyl (C=O) groups is 3. The highest BCUT2D eigenvalue weighted by atomic mass is 16.6. The second-order valence-electron chi connectivity index (χ2n) is 6.23. The fourth-order valence-electron chi connectivity index (χ4n) is 2.71. The zero-order valence-corrected chi connectivity index (χ0v) is 16.5. The van der Waals surface area contributed by atoms with Crippen LogP contribution in [0.3, 0.4) is 0 Å². The molecule has 0 radical (unpaired) electrons. The zero-order chi connectivity index (χ0) is 21.7. The van der Waals surface area contributed by atoms with Crippen molar-refractivity contribution in [2.75, 3.05) is 18.5 Å². The van der Waals surface area contributed by atoms with Gasteiger partial charge in [0.1, 0.15) is 5.69 Å². The third-order valence-electron chi connectivity index (χ3n) is 4.16. The summed E-state index contributed by atoms with van der Waals surface area (Å²) in [7, 11) is 0. The number of nitro benzene ring substituents is 1. The number of nitrogens with one attached hydrogen (secondary N) is 2. The maximum atomic E-state index is 12.4. The molecule has 0 spiro atoms. The molecule has 2 N–H and O–H groups in total. The third-order valence-corrected chi connectivity index (χ3v) is 4.16. The number of hydrogen-bond donors (Lipinski definition) is 2. The van der Waals surface area contributed by atoms with Crippen LogP contribution in [0, 0.1) is 30.9 Å². The summed E-state index contributed by atoms with van der Waals surface area (Å²) in [5, 5.41) is 13.3. The fraction of sp³-hybridized carbons (Fsp3) is 0.316. The molecule has 0 aliphatic rings. The van der Waals surface area contributed by atoms with Gasteiger partial charge in [-0.2, -0.15) is 0 Å². The molecule has 0 saturated carbocycles. The van der Waals surface area contributed by atoms with Crippen LogP contribution < -0.4 is 5.32 Å². The lowest BCUT2D eigenvalue weighted by atomic mass is 10.1. The van der Waals surface area contributed by atoms with Crippen molar-refractivity contribution < 1.29 is 28.8 Å². The van der Waals surface area contributed by atoms with E-state index in [1.165, 1.54) is 18.2 Å². The second kappa shape index (κ2) is 9.00. The van der Waals surface area contributed by atoms with Crippen molar-refractivity contribution in [2.45, 2.75) is 27.7 Å². The van der Waals surface area contributed by atoms with Gasteiger partial charge in [-0.15, -0.1) is 0 Å². The van der Waals surface area contributed by atoms with Crippen molar-refractivity contribution in [3.8, 4) is 0 Å². The zero-order valence-electron chi connectivity index (χ0n) is 16.5. The first-order valence-electron chi connectivity index (χ1n) is 8.74. The minimum atomic E-state index is -0.780. The van der Waals surface area contributed by atoms with E-state index in [0.29, 0.717) is 16.8 Å².